The zero-order valence-electron chi connectivity index (χ0n) is 15.1. The topological polar surface area (TPSA) is 60.0 Å². The van der Waals surface area contributed by atoms with Gasteiger partial charge in [-0.1, -0.05) is 24.3 Å². The van der Waals surface area contributed by atoms with Crippen LogP contribution in [0.5, 0.6) is 5.75 Å². The Hall–Kier alpha value is -2.57. The average molecular weight is 356 g/mol. The maximum Gasteiger partial charge on any atom is 0.257 e. The highest BCUT2D eigenvalue weighted by Gasteiger charge is 2.32. The summed E-state index contributed by atoms with van der Waals surface area (Å²) in [4.78, 5) is 14.7. The van der Waals surface area contributed by atoms with Crippen molar-refractivity contribution in [2.45, 2.75) is 6.17 Å². The number of fused-ring (bicyclic) bond motifs is 1. The molecule has 0 saturated heterocycles. The third kappa shape index (κ3) is 3.98. The lowest BCUT2D eigenvalue weighted by Gasteiger charge is -2.38. The van der Waals surface area contributed by atoms with E-state index < -0.39 is 0 Å². The molecule has 1 heterocycles. The van der Waals surface area contributed by atoms with Crippen LogP contribution < -0.4 is 10.1 Å². The highest BCUT2D eigenvalue weighted by Crippen LogP contribution is 2.33. The Balaban J connectivity index is 1.82. The minimum absolute atomic E-state index is 0.00169. The molecule has 0 fully saturated rings. The second-order valence-electron chi connectivity index (χ2n) is 5.99. The Labute approximate surface area is 153 Å². The van der Waals surface area contributed by atoms with Crippen LogP contribution in [0, 0.1) is 0 Å². The van der Waals surface area contributed by atoms with Crippen molar-refractivity contribution >= 4 is 11.6 Å². The lowest BCUT2D eigenvalue weighted by Crippen LogP contribution is -2.44. The first-order valence-corrected chi connectivity index (χ1v) is 8.61. The van der Waals surface area contributed by atoms with E-state index in [1.165, 1.54) is 0 Å². The first-order valence-electron chi connectivity index (χ1n) is 8.61. The molecule has 0 spiro atoms. The van der Waals surface area contributed by atoms with Crippen molar-refractivity contribution in [2.75, 3.05) is 45.9 Å². The van der Waals surface area contributed by atoms with E-state index >= 15 is 0 Å². The summed E-state index contributed by atoms with van der Waals surface area (Å²) in [6.45, 7) is 2.03. The molecule has 1 atom stereocenters. The van der Waals surface area contributed by atoms with Gasteiger partial charge in [0.05, 0.1) is 18.8 Å². The van der Waals surface area contributed by atoms with Gasteiger partial charge >= 0.3 is 0 Å². The van der Waals surface area contributed by atoms with Crippen LogP contribution in [0.25, 0.3) is 0 Å². The van der Waals surface area contributed by atoms with E-state index in [0.717, 1.165) is 17.0 Å². The van der Waals surface area contributed by atoms with Crippen LogP contribution >= 0.6 is 0 Å². The van der Waals surface area contributed by atoms with Crippen molar-refractivity contribution in [3.05, 3.63) is 59.7 Å². The smallest absolute Gasteiger partial charge is 0.257 e. The second-order valence-corrected chi connectivity index (χ2v) is 5.99. The molecule has 1 N–H and O–H groups in total. The van der Waals surface area contributed by atoms with Gasteiger partial charge in [0.15, 0.2) is 0 Å². The number of hydrogen-bond acceptors (Lipinski definition) is 5. The number of carbonyl (C=O) groups excluding carboxylic acids is 1. The monoisotopic (exact) mass is 356 g/mol. The van der Waals surface area contributed by atoms with Crippen LogP contribution in [0.15, 0.2) is 48.5 Å². The van der Waals surface area contributed by atoms with E-state index in [1.54, 1.807) is 19.1 Å². The van der Waals surface area contributed by atoms with Gasteiger partial charge in [0, 0.05) is 26.5 Å². The van der Waals surface area contributed by atoms with Crippen LogP contribution in [-0.2, 0) is 9.47 Å². The quantitative estimate of drug-likeness (QED) is 0.737. The predicted molar refractivity (Wildman–Crippen MR) is 99.5 cm³/mol. The number of benzene rings is 2. The highest BCUT2D eigenvalue weighted by atomic mass is 16.5. The lowest BCUT2D eigenvalue weighted by molar-refractivity contribution is 0.0609. The number of hydrogen-bond donors (Lipinski definition) is 1. The van der Waals surface area contributed by atoms with Crippen molar-refractivity contribution in [2.24, 2.45) is 0 Å². The van der Waals surface area contributed by atoms with Crippen molar-refractivity contribution in [1.29, 1.82) is 0 Å². The molecule has 6 heteroatoms. The van der Waals surface area contributed by atoms with Crippen molar-refractivity contribution < 1.29 is 19.0 Å². The number of nitrogens with zero attached hydrogens (tertiary/aromatic N) is 1. The van der Waals surface area contributed by atoms with E-state index in [9.17, 15) is 4.79 Å². The fourth-order valence-corrected chi connectivity index (χ4v) is 2.97. The zero-order chi connectivity index (χ0) is 18.4. The third-order valence-electron chi connectivity index (χ3n) is 4.31. The number of nitrogens with one attached hydrogen (secondary N) is 1. The number of rotatable bonds is 8. The van der Waals surface area contributed by atoms with E-state index in [1.807, 2.05) is 48.5 Å². The molecule has 26 heavy (non-hydrogen) atoms. The van der Waals surface area contributed by atoms with Gasteiger partial charge in [0.2, 0.25) is 0 Å². The van der Waals surface area contributed by atoms with Crippen molar-refractivity contribution in [3.8, 4) is 5.75 Å². The number of anilines is 1. The van der Waals surface area contributed by atoms with Gasteiger partial charge < -0.3 is 24.4 Å². The van der Waals surface area contributed by atoms with Gasteiger partial charge in [-0.15, -0.1) is 0 Å². The molecule has 1 aliphatic heterocycles. The average Bonchev–Trinajstić information content (AvgIpc) is 2.68. The largest absolute Gasteiger partial charge is 0.491 e. The SMILES string of the molecule is COCCOc1ccc(C2Nc3ccccc3C(=O)N2CCOC)cc1. The Bertz CT molecular complexity index is 733. The molecule has 0 aromatic heterocycles. The molecule has 0 aliphatic carbocycles. The van der Waals surface area contributed by atoms with E-state index in [0.29, 0.717) is 31.9 Å². The normalized spacial score (nSPS) is 16.2. The molecule has 3 rings (SSSR count). The summed E-state index contributed by atoms with van der Waals surface area (Å²) in [7, 11) is 3.28. The molecule has 1 unspecified atom stereocenters. The number of amides is 1. The molecular weight excluding hydrogens is 332 g/mol. The first kappa shape index (κ1) is 18.2. The Morgan fingerprint density at radius 1 is 0.962 bits per heavy atom. The highest BCUT2D eigenvalue weighted by molar-refractivity contribution is 6.01. The van der Waals surface area contributed by atoms with Gasteiger partial charge in [-0.2, -0.15) is 0 Å². The summed E-state index contributed by atoms with van der Waals surface area (Å²) in [6, 6.07) is 15.3. The lowest BCUT2D eigenvalue weighted by atomic mass is 10.0. The maximum atomic E-state index is 12.9. The molecule has 138 valence electrons. The van der Waals surface area contributed by atoms with Gasteiger partial charge in [-0.3, -0.25) is 4.79 Å². The van der Waals surface area contributed by atoms with Crippen molar-refractivity contribution in [3.63, 3.8) is 0 Å². The molecule has 0 radical (unpaired) electrons. The van der Waals surface area contributed by atoms with E-state index in [-0.39, 0.29) is 12.1 Å². The molecule has 2 aromatic rings. The fraction of sp³-hybridized carbons (Fsp3) is 0.350. The standard InChI is InChI=1S/C20H24N2O4/c1-24-12-11-22-19(21-18-6-4-3-5-17(18)20(22)23)15-7-9-16(10-8-15)26-14-13-25-2/h3-10,19,21H,11-14H2,1-2H3. The molecular formula is C20H24N2O4. The van der Waals surface area contributed by atoms with Gasteiger partial charge in [0.1, 0.15) is 18.5 Å². The van der Waals surface area contributed by atoms with Gasteiger partial charge in [0.25, 0.3) is 5.91 Å². The third-order valence-corrected chi connectivity index (χ3v) is 4.31. The Kier molecular flexibility index (Phi) is 6.09. The summed E-state index contributed by atoms with van der Waals surface area (Å²) in [5.41, 5.74) is 2.51. The number of methoxy groups -OCH3 is 2. The fourth-order valence-electron chi connectivity index (χ4n) is 2.97. The van der Waals surface area contributed by atoms with E-state index in [2.05, 4.69) is 5.32 Å². The number of para-hydroxylation sites is 1. The maximum absolute atomic E-state index is 12.9. The van der Waals surface area contributed by atoms with Crippen LogP contribution in [-0.4, -0.2) is 51.4 Å². The second kappa shape index (κ2) is 8.69. The summed E-state index contributed by atoms with van der Waals surface area (Å²) in [6.07, 6.45) is -0.249. The summed E-state index contributed by atoms with van der Waals surface area (Å²) >= 11 is 0. The molecule has 6 nitrogen and oxygen atoms in total. The molecule has 2 aromatic carbocycles. The summed E-state index contributed by atoms with van der Waals surface area (Å²) in [5.74, 6) is 0.776. The Morgan fingerprint density at radius 2 is 1.69 bits per heavy atom. The van der Waals surface area contributed by atoms with Crippen LogP contribution in [0.2, 0.25) is 0 Å². The van der Waals surface area contributed by atoms with E-state index in [4.69, 9.17) is 14.2 Å². The van der Waals surface area contributed by atoms with Crippen molar-refractivity contribution in [1.82, 2.24) is 4.90 Å². The van der Waals surface area contributed by atoms with Crippen LogP contribution in [0.4, 0.5) is 5.69 Å². The van der Waals surface area contributed by atoms with Gasteiger partial charge in [-0.25, -0.2) is 0 Å². The van der Waals surface area contributed by atoms with Gasteiger partial charge in [-0.05, 0) is 29.8 Å². The predicted octanol–water partition coefficient (Wildman–Crippen LogP) is 2.92. The number of ether oxygens (including phenoxy) is 3. The van der Waals surface area contributed by atoms with Crippen LogP contribution in [0.3, 0.4) is 0 Å². The van der Waals surface area contributed by atoms with Crippen LogP contribution in [0.1, 0.15) is 22.1 Å². The summed E-state index contributed by atoms with van der Waals surface area (Å²) < 4.78 is 15.8. The Morgan fingerprint density at radius 3 is 2.42 bits per heavy atom. The molecule has 1 amide bonds. The molecule has 0 bridgehead atoms. The first-order chi connectivity index (χ1) is 12.7. The summed E-state index contributed by atoms with van der Waals surface area (Å²) in [5, 5.41) is 3.46. The number of carbonyl (C=O) groups is 1. The molecule has 0 saturated carbocycles. The minimum atomic E-state index is -0.249. The zero-order valence-corrected chi connectivity index (χ0v) is 15.1. The molecule has 1 aliphatic rings. The minimum Gasteiger partial charge on any atom is -0.491 e.